The molecule has 1 aromatic carbocycles. The molecule has 24 heavy (non-hydrogen) atoms. The van der Waals surface area contributed by atoms with Crippen LogP contribution in [0.15, 0.2) is 24.3 Å². The first-order valence-corrected chi connectivity index (χ1v) is 8.56. The van der Waals surface area contributed by atoms with Gasteiger partial charge in [-0.3, -0.25) is 4.79 Å². The standard InChI is InChI=1S/C19H28N2O3/c1-14-7-5-6-8-16(14)13-20-17(22)15-9-11-21(12-10-15)18(23)24-19(2,3)4/h5-8,15H,9-13H2,1-4H3,(H,20,22). The lowest BCUT2D eigenvalue weighted by molar-refractivity contribution is -0.126. The maximum absolute atomic E-state index is 12.3. The number of benzene rings is 1. The zero-order chi connectivity index (χ0) is 17.7. The van der Waals surface area contributed by atoms with E-state index in [1.165, 1.54) is 5.56 Å². The Morgan fingerprint density at radius 3 is 2.42 bits per heavy atom. The van der Waals surface area contributed by atoms with Crippen LogP contribution in [0, 0.1) is 12.8 Å². The molecule has 1 fully saturated rings. The average molecular weight is 332 g/mol. The zero-order valence-corrected chi connectivity index (χ0v) is 15.1. The number of amides is 2. The summed E-state index contributed by atoms with van der Waals surface area (Å²) in [6, 6.07) is 8.04. The summed E-state index contributed by atoms with van der Waals surface area (Å²) >= 11 is 0. The normalized spacial score (nSPS) is 15.9. The summed E-state index contributed by atoms with van der Waals surface area (Å²) < 4.78 is 5.38. The van der Waals surface area contributed by atoms with Crippen LogP contribution in [0.3, 0.4) is 0 Å². The van der Waals surface area contributed by atoms with Gasteiger partial charge in [-0.05, 0) is 51.7 Å². The highest BCUT2D eigenvalue weighted by molar-refractivity contribution is 5.79. The molecule has 1 saturated heterocycles. The smallest absolute Gasteiger partial charge is 0.410 e. The van der Waals surface area contributed by atoms with Crippen molar-refractivity contribution in [2.45, 2.75) is 52.7 Å². The van der Waals surface area contributed by atoms with Crippen molar-refractivity contribution in [2.24, 2.45) is 5.92 Å². The fourth-order valence-electron chi connectivity index (χ4n) is 2.79. The van der Waals surface area contributed by atoms with E-state index in [9.17, 15) is 9.59 Å². The molecule has 0 aliphatic carbocycles. The van der Waals surface area contributed by atoms with Gasteiger partial charge < -0.3 is 15.0 Å². The van der Waals surface area contributed by atoms with E-state index < -0.39 is 5.60 Å². The molecule has 1 aromatic rings. The molecule has 1 aliphatic heterocycles. The summed E-state index contributed by atoms with van der Waals surface area (Å²) in [6.07, 6.45) is 1.07. The summed E-state index contributed by atoms with van der Waals surface area (Å²) in [5.74, 6) is 0.0368. The van der Waals surface area contributed by atoms with E-state index in [0.29, 0.717) is 32.5 Å². The third-order valence-electron chi connectivity index (χ3n) is 4.23. The van der Waals surface area contributed by atoms with Gasteiger partial charge in [0.2, 0.25) is 5.91 Å². The highest BCUT2D eigenvalue weighted by Gasteiger charge is 2.29. The highest BCUT2D eigenvalue weighted by Crippen LogP contribution is 2.20. The van der Waals surface area contributed by atoms with E-state index in [1.807, 2.05) is 52.0 Å². The number of likely N-dealkylation sites (tertiary alicyclic amines) is 1. The Morgan fingerprint density at radius 1 is 1.21 bits per heavy atom. The highest BCUT2D eigenvalue weighted by atomic mass is 16.6. The fraction of sp³-hybridized carbons (Fsp3) is 0.579. The summed E-state index contributed by atoms with van der Waals surface area (Å²) in [4.78, 5) is 26.1. The molecule has 1 aliphatic rings. The molecule has 132 valence electrons. The number of hydrogen-bond acceptors (Lipinski definition) is 3. The molecule has 0 atom stereocenters. The van der Waals surface area contributed by atoms with Crippen molar-refractivity contribution in [3.05, 3.63) is 35.4 Å². The fourth-order valence-corrected chi connectivity index (χ4v) is 2.79. The molecule has 5 heteroatoms. The van der Waals surface area contributed by atoms with Crippen LogP contribution in [0.4, 0.5) is 4.79 Å². The number of hydrogen-bond donors (Lipinski definition) is 1. The number of carbonyl (C=O) groups excluding carboxylic acids is 2. The second-order valence-electron chi connectivity index (χ2n) is 7.39. The molecule has 5 nitrogen and oxygen atoms in total. The van der Waals surface area contributed by atoms with Crippen molar-refractivity contribution in [1.29, 1.82) is 0 Å². The SMILES string of the molecule is Cc1ccccc1CNC(=O)C1CCN(C(=O)OC(C)(C)C)CC1. The van der Waals surface area contributed by atoms with E-state index in [1.54, 1.807) is 4.90 Å². The Hall–Kier alpha value is -2.04. The minimum absolute atomic E-state index is 0.0345. The molecule has 0 bridgehead atoms. The number of rotatable bonds is 3. The van der Waals surface area contributed by atoms with Gasteiger partial charge in [0.15, 0.2) is 0 Å². The number of ether oxygens (including phenoxy) is 1. The van der Waals surface area contributed by atoms with Gasteiger partial charge in [0.1, 0.15) is 5.60 Å². The second kappa shape index (κ2) is 7.69. The summed E-state index contributed by atoms with van der Waals surface area (Å²) in [6.45, 7) is 9.30. The Labute approximate surface area is 144 Å². The lowest BCUT2D eigenvalue weighted by Gasteiger charge is -2.33. The Bertz CT molecular complexity index is 585. The van der Waals surface area contributed by atoms with Crippen LogP contribution >= 0.6 is 0 Å². The Kier molecular flexibility index (Phi) is 5.86. The van der Waals surface area contributed by atoms with Crippen molar-refractivity contribution >= 4 is 12.0 Å². The molecular formula is C19H28N2O3. The number of aryl methyl sites for hydroxylation is 1. The summed E-state index contributed by atoms with van der Waals surface area (Å²) in [5.41, 5.74) is 1.83. The number of carbonyl (C=O) groups is 2. The molecule has 0 saturated carbocycles. The lowest BCUT2D eigenvalue weighted by atomic mass is 9.96. The molecule has 0 unspecified atom stereocenters. The van der Waals surface area contributed by atoms with Crippen LogP contribution in [-0.4, -0.2) is 35.6 Å². The topological polar surface area (TPSA) is 58.6 Å². The van der Waals surface area contributed by atoms with Crippen molar-refractivity contribution in [3.63, 3.8) is 0 Å². The largest absolute Gasteiger partial charge is 0.444 e. The maximum Gasteiger partial charge on any atom is 0.410 e. The van der Waals surface area contributed by atoms with Gasteiger partial charge in [-0.25, -0.2) is 4.79 Å². The van der Waals surface area contributed by atoms with Crippen LogP contribution in [0.2, 0.25) is 0 Å². The van der Waals surface area contributed by atoms with Crippen LogP contribution in [-0.2, 0) is 16.1 Å². The average Bonchev–Trinajstić information content (AvgIpc) is 2.52. The van der Waals surface area contributed by atoms with E-state index in [2.05, 4.69) is 5.32 Å². The Balaban J connectivity index is 1.78. The molecule has 2 rings (SSSR count). The van der Waals surface area contributed by atoms with Crippen molar-refractivity contribution in [2.75, 3.05) is 13.1 Å². The zero-order valence-electron chi connectivity index (χ0n) is 15.1. The van der Waals surface area contributed by atoms with Gasteiger partial charge >= 0.3 is 6.09 Å². The molecule has 0 radical (unpaired) electrons. The molecular weight excluding hydrogens is 304 g/mol. The third-order valence-corrected chi connectivity index (χ3v) is 4.23. The molecule has 0 aromatic heterocycles. The van der Waals surface area contributed by atoms with Gasteiger partial charge in [0.05, 0.1) is 0 Å². The van der Waals surface area contributed by atoms with Gasteiger partial charge in [0.25, 0.3) is 0 Å². The monoisotopic (exact) mass is 332 g/mol. The van der Waals surface area contributed by atoms with Crippen LogP contribution in [0.5, 0.6) is 0 Å². The molecule has 0 spiro atoms. The van der Waals surface area contributed by atoms with Gasteiger partial charge in [0, 0.05) is 25.6 Å². The molecule has 1 heterocycles. The van der Waals surface area contributed by atoms with Crippen LogP contribution in [0.25, 0.3) is 0 Å². The lowest BCUT2D eigenvalue weighted by Crippen LogP contribution is -2.44. The first-order chi connectivity index (χ1) is 11.3. The first-order valence-electron chi connectivity index (χ1n) is 8.56. The van der Waals surface area contributed by atoms with E-state index in [4.69, 9.17) is 4.74 Å². The molecule has 2 amide bonds. The van der Waals surface area contributed by atoms with Crippen LogP contribution < -0.4 is 5.32 Å². The summed E-state index contributed by atoms with van der Waals surface area (Å²) in [7, 11) is 0. The van der Waals surface area contributed by atoms with Gasteiger partial charge in [-0.15, -0.1) is 0 Å². The predicted molar refractivity (Wildman–Crippen MR) is 93.6 cm³/mol. The van der Waals surface area contributed by atoms with Crippen molar-refractivity contribution < 1.29 is 14.3 Å². The van der Waals surface area contributed by atoms with Crippen molar-refractivity contribution in [3.8, 4) is 0 Å². The number of nitrogens with one attached hydrogen (secondary N) is 1. The van der Waals surface area contributed by atoms with E-state index in [0.717, 1.165) is 5.56 Å². The molecule has 1 N–H and O–H groups in total. The van der Waals surface area contributed by atoms with E-state index >= 15 is 0 Å². The van der Waals surface area contributed by atoms with Crippen molar-refractivity contribution in [1.82, 2.24) is 10.2 Å². The minimum atomic E-state index is -0.487. The third kappa shape index (κ3) is 5.25. The first kappa shape index (κ1) is 18.3. The predicted octanol–water partition coefficient (Wildman–Crippen LogP) is 3.26. The number of piperidine rings is 1. The Morgan fingerprint density at radius 2 is 1.83 bits per heavy atom. The quantitative estimate of drug-likeness (QED) is 0.924. The van der Waals surface area contributed by atoms with Gasteiger partial charge in [-0.2, -0.15) is 0 Å². The van der Waals surface area contributed by atoms with E-state index in [-0.39, 0.29) is 17.9 Å². The minimum Gasteiger partial charge on any atom is -0.444 e. The van der Waals surface area contributed by atoms with Gasteiger partial charge in [-0.1, -0.05) is 24.3 Å². The van der Waals surface area contributed by atoms with Crippen LogP contribution in [0.1, 0.15) is 44.7 Å². The maximum atomic E-state index is 12.3. The second-order valence-corrected chi connectivity index (χ2v) is 7.39. The number of nitrogens with zero attached hydrogens (tertiary/aromatic N) is 1. The summed E-state index contributed by atoms with van der Waals surface area (Å²) in [5, 5.41) is 3.02.